The Hall–Kier alpha value is -2.63. The van der Waals surface area contributed by atoms with Gasteiger partial charge in [0.25, 0.3) is 0 Å². The van der Waals surface area contributed by atoms with Crippen LogP contribution >= 0.6 is 0 Å². The first kappa shape index (κ1) is 11.8. The smallest absolute Gasteiger partial charge is 0.356 e. The lowest BCUT2D eigenvalue weighted by molar-refractivity contribution is 0.0690. The van der Waals surface area contributed by atoms with E-state index in [9.17, 15) is 4.79 Å². The van der Waals surface area contributed by atoms with E-state index in [0.29, 0.717) is 6.54 Å². The van der Waals surface area contributed by atoms with Crippen molar-refractivity contribution < 1.29 is 9.90 Å². The number of carboxylic acid groups (broad SMARTS) is 1. The second-order valence-corrected chi connectivity index (χ2v) is 3.48. The maximum atomic E-state index is 10.6. The topological polar surface area (TPSA) is 72.9 Å². The summed E-state index contributed by atoms with van der Waals surface area (Å²) in [5, 5.41) is 16.6. The molecule has 6 heteroatoms. The number of carboxylic acids is 1. The summed E-state index contributed by atoms with van der Waals surface area (Å²) in [6, 6.07) is 3.31. The lowest BCUT2D eigenvalue weighted by Gasteiger charge is -1.92. The fraction of sp³-hybridized carbons (Fsp3) is 0.0833. The molecule has 2 aromatic heterocycles. The van der Waals surface area contributed by atoms with Gasteiger partial charge in [-0.25, -0.2) is 9.48 Å². The van der Waals surface area contributed by atoms with Crippen molar-refractivity contribution in [3.8, 4) is 0 Å². The van der Waals surface area contributed by atoms with Crippen LogP contribution < -0.4 is 0 Å². The molecule has 0 atom stereocenters. The predicted molar refractivity (Wildman–Crippen MR) is 65.9 cm³/mol. The first-order chi connectivity index (χ1) is 8.75. The molecule has 0 aliphatic rings. The van der Waals surface area contributed by atoms with E-state index < -0.39 is 5.97 Å². The summed E-state index contributed by atoms with van der Waals surface area (Å²) in [6.07, 6.45) is 12.4. The van der Waals surface area contributed by atoms with Crippen molar-refractivity contribution in [1.82, 2.24) is 19.6 Å². The van der Waals surface area contributed by atoms with Crippen molar-refractivity contribution in [3.05, 3.63) is 54.6 Å². The number of rotatable bonds is 5. The SMILES string of the molecule is O=C(O)c1ccn(/C=C/C=C/Cn2cccn2)n1. The first-order valence-electron chi connectivity index (χ1n) is 5.35. The summed E-state index contributed by atoms with van der Waals surface area (Å²) >= 11 is 0. The molecule has 0 fully saturated rings. The standard InChI is InChI=1S/C12H12N4O2/c17-12(18)11-5-10-16(14-11)8-3-1-2-7-15-9-4-6-13-15/h1-6,8-10H,7H2,(H,17,18)/b2-1+,8-3+. The fourth-order valence-corrected chi connectivity index (χ4v) is 1.33. The molecule has 0 unspecified atom stereocenters. The third kappa shape index (κ3) is 3.18. The van der Waals surface area contributed by atoms with Gasteiger partial charge >= 0.3 is 5.97 Å². The highest BCUT2D eigenvalue weighted by molar-refractivity contribution is 5.85. The molecule has 18 heavy (non-hydrogen) atoms. The molecule has 2 rings (SSSR count). The molecule has 0 saturated carbocycles. The molecule has 92 valence electrons. The van der Waals surface area contributed by atoms with E-state index in [0.717, 1.165) is 0 Å². The molecule has 0 radical (unpaired) electrons. The van der Waals surface area contributed by atoms with Crippen LogP contribution in [0.25, 0.3) is 6.20 Å². The number of hydrogen-bond donors (Lipinski definition) is 1. The van der Waals surface area contributed by atoms with Crippen LogP contribution in [0, 0.1) is 0 Å². The van der Waals surface area contributed by atoms with Crippen LogP contribution in [0.1, 0.15) is 10.5 Å². The summed E-state index contributed by atoms with van der Waals surface area (Å²) in [6.45, 7) is 0.691. The zero-order valence-electron chi connectivity index (χ0n) is 9.55. The maximum absolute atomic E-state index is 10.6. The van der Waals surface area contributed by atoms with Crippen LogP contribution in [0.2, 0.25) is 0 Å². The summed E-state index contributed by atoms with van der Waals surface area (Å²) < 4.78 is 3.24. The lowest BCUT2D eigenvalue weighted by atomic mass is 10.4. The second-order valence-electron chi connectivity index (χ2n) is 3.48. The Kier molecular flexibility index (Phi) is 3.70. The van der Waals surface area contributed by atoms with Crippen LogP contribution in [0.3, 0.4) is 0 Å². The molecule has 0 bridgehead atoms. The van der Waals surface area contributed by atoms with E-state index in [1.165, 1.54) is 10.7 Å². The van der Waals surface area contributed by atoms with Crippen molar-refractivity contribution in [1.29, 1.82) is 0 Å². The number of allylic oxidation sites excluding steroid dienone is 3. The predicted octanol–water partition coefficient (Wildman–Crippen LogP) is 1.50. The minimum absolute atomic E-state index is 0.0279. The Bertz CT molecular complexity index is 567. The van der Waals surface area contributed by atoms with Crippen molar-refractivity contribution in [2.24, 2.45) is 0 Å². The van der Waals surface area contributed by atoms with Crippen molar-refractivity contribution in [2.75, 3.05) is 0 Å². The molecule has 0 aromatic carbocycles. The van der Waals surface area contributed by atoms with Crippen LogP contribution in [0.4, 0.5) is 0 Å². The normalized spacial score (nSPS) is 11.6. The second kappa shape index (κ2) is 5.62. The molecule has 6 nitrogen and oxygen atoms in total. The van der Waals surface area contributed by atoms with Crippen LogP contribution in [-0.4, -0.2) is 30.6 Å². The van der Waals surface area contributed by atoms with Crippen LogP contribution in [-0.2, 0) is 6.54 Å². The fourth-order valence-electron chi connectivity index (χ4n) is 1.33. The zero-order chi connectivity index (χ0) is 12.8. The van der Waals surface area contributed by atoms with E-state index in [1.807, 2.05) is 24.4 Å². The van der Waals surface area contributed by atoms with Crippen LogP contribution in [0.5, 0.6) is 0 Å². The van der Waals surface area contributed by atoms with Crippen molar-refractivity contribution in [3.63, 3.8) is 0 Å². The van der Waals surface area contributed by atoms with Gasteiger partial charge in [-0.2, -0.15) is 10.2 Å². The molecular weight excluding hydrogens is 232 g/mol. The number of nitrogens with zero attached hydrogens (tertiary/aromatic N) is 4. The average molecular weight is 244 g/mol. The quantitative estimate of drug-likeness (QED) is 0.809. The summed E-state index contributed by atoms with van der Waals surface area (Å²) in [5.74, 6) is -1.03. The maximum Gasteiger partial charge on any atom is 0.356 e. The van der Waals surface area contributed by atoms with Gasteiger partial charge in [0.1, 0.15) is 0 Å². The van der Waals surface area contributed by atoms with E-state index in [-0.39, 0.29) is 5.69 Å². The molecule has 0 aliphatic carbocycles. The van der Waals surface area contributed by atoms with Gasteiger partial charge in [0.2, 0.25) is 0 Å². The number of hydrogen-bond acceptors (Lipinski definition) is 3. The Balaban J connectivity index is 1.86. The highest BCUT2D eigenvalue weighted by atomic mass is 16.4. The Labute approximate surface area is 103 Å². The molecular formula is C12H12N4O2. The molecule has 2 aromatic rings. The average Bonchev–Trinajstić information content (AvgIpc) is 2.98. The van der Waals surface area contributed by atoms with E-state index >= 15 is 0 Å². The largest absolute Gasteiger partial charge is 0.476 e. The van der Waals surface area contributed by atoms with Gasteiger partial charge in [-0.05, 0) is 18.2 Å². The number of aromatic nitrogens is 4. The first-order valence-corrected chi connectivity index (χ1v) is 5.35. The highest BCUT2D eigenvalue weighted by Crippen LogP contribution is 1.96. The lowest BCUT2D eigenvalue weighted by Crippen LogP contribution is -1.98. The number of carbonyl (C=O) groups is 1. The van der Waals surface area contributed by atoms with Gasteiger partial charge in [-0.1, -0.05) is 12.2 Å². The highest BCUT2D eigenvalue weighted by Gasteiger charge is 2.04. The van der Waals surface area contributed by atoms with Gasteiger partial charge in [-0.3, -0.25) is 4.68 Å². The number of aromatic carboxylic acids is 1. The third-order valence-electron chi connectivity index (χ3n) is 2.17. The van der Waals surface area contributed by atoms with Crippen LogP contribution in [0.15, 0.2) is 49.0 Å². The molecule has 0 saturated heterocycles. The molecule has 1 N–H and O–H groups in total. The third-order valence-corrected chi connectivity index (χ3v) is 2.17. The Morgan fingerprint density at radius 2 is 2.28 bits per heavy atom. The van der Waals surface area contributed by atoms with E-state index in [4.69, 9.17) is 5.11 Å². The van der Waals surface area contributed by atoms with Crippen molar-refractivity contribution >= 4 is 12.2 Å². The monoisotopic (exact) mass is 244 g/mol. The van der Waals surface area contributed by atoms with Crippen molar-refractivity contribution in [2.45, 2.75) is 6.54 Å². The molecule has 2 heterocycles. The van der Waals surface area contributed by atoms with Gasteiger partial charge in [0, 0.05) is 24.8 Å². The van der Waals surface area contributed by atoms with Gasteiger partial charge in [0.05, 0.1) is 6.54 Å². The summed E-state index contributed by atoms with van der Waals surface area (Å²) in [5.41, 5.74) is 0.0279. The van der Waals surface area contributed by atoms with E-state index in [1.54, 1.807) is 29.4 Å². The minimum atomic E-state index is -1.03. The summed E-state index contributed by atoms with van der Waals surface area (Å²) in [7, 11) is 0. The zero-order valence-corrected chi connectivity index (χ0v) is 9.55. The minimum Gasteiger partial charge on any atom is -0.476 e. The molecule has 0 aliphatic heterocycles. The molecule has 0 amide bonds. The Morgan fingerprint density at radius 3 is 2.94 bits per heavy atom. The van der Waals surface area contributed by atoms with Gasteiger partial charge in [0.15, 0.2) is 5.69 Å². The van der Waals surface area contributed by atoms with E-state index in [2.05, 4.69) is 10.2 Å². The van der Waals surface area contributed by atoms with Gasteiger partial charge < -0.3 is 5.11 Å². The molecule has 0 spiro atoms. The summed E-state index contributed by atoms with van der Waals surface area (Å²) in [4.78, 5) is 10.6. The van der Waals surface area contributed by atoms with Gasteiger partial charge in [-0.15, -0.1) is 0 Å². The Morgan fingerprint density at radius 1 is 1.39 bits per heavy atom.